The number of hydrogen-bond acceptors (Lipinski definition) is 2. The normalized spacial score (nSPS) is 14.8. The first-order valence-electron chi connectivity index (χ1n) is 9.19. The van der Waals surface area contributed by atoms with Crippen LogP contribution in [0.4, 0.5) is 0 Å². The van der Waals surface area contributed by atoms with Crippen molar-refractivity contribution >= 4 is 5.91 Å². The van der Waals surface area contributed by atoms with E-state index in [0.717, 1.165) is 24.7 Å². The van der Waals surface area contributed by atoms with Crippen LogP contribution in [0.3, 0.4) is 0 Å². The van der Waals surface area contributed by atoms with Crippen molar-refractivity contribution in [3.8, 4) is 16.9 Å². The van der Waals surface area contributed by atoms with Crippen molar-refractivity contribution in [1.82, 2.24) is 5.32 Å². The van der Waals surface area contributed by atoms with E-state index in [2.05, 4.69) is 53.8 Å². The second kappa shape index (κ2) is 8.19. The Bertz CT molecular complexity index is 687. The van der Waals surface area contributed by atoms with Crippen molar-refractivity contribution in [3.63, 3.8) is 0 Å². The number of amides is 1. The first-order chi connectivity index (χ1) is 12.1. The van der Waals surface area contributed by atoms with Crippen molar-refractivity contribution in [2.24, 2.45) is 5.92 Å². The molecule has 3 heteroatoms. The summed E-state index contributed by atoms with van der Waals surface area (Å²) in [6.45, 7) is 4.40. The smallest absolute Gasteiger partial charge is 0.217 e. The number of hydrogen-bond donors (Lipinski definition) is 1. The molecule has 1 N–H and O–H groups in total. The number of carbonyl (C=O) groups is 1. The minimum atomic E-state index is 0.0172. The number of carbonyl (C=O) groups excluding carboxylic acids is 1. The highest BCUT2D eigenvalue weighted by atomic mass is 16.5. The van der Waals surface area contributed by atoms with Crippen molar-refractivity contribution in [3.05, 3.63) is 54.1 Å². The molecule has 0 spiro atoms. The summed E-state index contributed by atoms with van der Waals surface area (Å²) in [4.78, 5) is 11.1. The molecule has 0 bridgehead atoms. The minimum Gasteiger partial charge on any atom is -0.494 e. The molecule has 132 valence electrons. The van der Waals surface area contributed by atoms with Gasteiger partial charge in [-0.05, 0) is 54.5 Å². The summed E-state index contributed by atoms with van der Waals surface area (Å²) in [6, 6.07) is 17.0. The average molecular weight is 337 g/mol. The molecule has 0 aliphatic heterocycles. The van der Waals surface area contributed by atoms with E-state index in [-0.39, 0.29) is 11.9 Å². The third kappa shape index (κ3) is 5.63. The van der Waals surface area contributed by atoms with Gasteiger partial charge in [0.15, 0.2) is 0 Å². The lowest BCUT2D eigenvalue weighted by atomic mass is 10.0. The van der Waals surface area contributed by atoms with Crippen LogP contribution in [-0.4, -0.2) is 18.6 Å². The molecular weight excluding hydrogens is 310 g/mol. The Morgan fingerprint density at radius 1 is 1.08 bits per heavy atom. The number of benzene rings is 2. The maximum atomic E-state index is 11.1. The number of ether oxygens (including phenoxy) is 1. The number of nitrogens with one attached hydrogen (secondary N) is 1. The second-order valence-electron chi connectivity index (χ2n) is 7.11. The molecule has 0 aromatic heterocycles. The summed E-state index contributed by atoms with van der Waals surface area (Å²) in [5, 5.41) is 2.92. The van der Waals surface area contributed by atoms with E-state index in [1.165, 1.54) is 36.0 Å². The summed E-state index contributed by atoms with van der Waals surface area (Å²) in [7, 11) is 0. The quantitative estimate of drug-likeness (QED) is 0.764. The van der Waals surface area contributed by atoms with Crippen LogP contribution < -0.4 is 10.1 Å². The van der Waals surface area contributed by atoms with Crippen molar-refractivity contribution in [2.45, 2.75) is 45.6 Å². The lowest BCUT2D eigenvalue weighted by Gasteiger charge is -2.13. The first-order valence-corrected chi connectivity index (χ1v) is 9.19. The van der Waals surface area contributed by atoms with E-state index in [9.17, 15) is 4.79 Å². The molecule has 3 rings (SSSR count). The van der Waals surface area contributed by atoms with Crippen molar-refractivity contribution in [2.75, 3.05) is 6.61 Å². The van der Waals surface area contributed by atoms with Gasteiger partial charge in [0.1, 0.15) is 5.75 Å². The van der Waals surface area contributed by atoms with Crippen LogP contribution in [0.15, 0.2) is 48.5 Å². The Kier molecular flexibility index (Phi) is 5.75. The Morgan fingerprint density at radius 2 is 1.68 bits per heavy atom. The standard InChI is InChI=1S/C22H27NO2/c1-16(23-17(2)24)15-19-5-7-20(8-6-19)21-9-11-22(12-10-21)25-14-13-18-3-4-18/h5-12,16,18H,3-4,13-15H2,1-2H3,(H,23,24). The van der Waals surface area contributed by atoms with Gasteiger partial charge in [-0.25, -0.2) is 0 Å². The summed E-state index contributed by atoms with van der Waals surface area (Å²) in [5.74, 6) is 1.87. The molecule has 0 heterocycles. The highest BCUT2D eigenvalue weighted by Crippen LogP contribution is 2.32. The predicted molar refractivity (Wildman–Crippen MR) is 102 cm³/mol. The van der Waals surface area contributed by atoms with E-state index in [1.54, 1.807) is 6.92 Å². The van der Waals surface area contributed by atoms with Crippen LogP contribution >= 0.6 is 0 Å². The zero-order chi connectivity index (χ0) is 17.6. The average Bonchev–Trinajstić information content (AvgIpc) is 3.40. The van der Waals surface area contributed by atoms with Crippen molar-refractivity contribution < 1.29 is 9.53 Å². The SMILES string of the molecule is CC(=O)NC(C)Cc1ccc(-c2ccc(OCCC3CC3)cc2)cc1. The fourth-order valence-corrected chi connectivity index (χ4v) is 3.08. The molecule has 0 radical (unpaired) electrons. The lowest BCUT2D eigenvalue weighted by molar-refractivity contribution is -0.119. The molecule has 2 aromatic carbocycles. The van der Waals surface area contributed by atoms with E-state index >= 15 is 0 Å². The monoisotopic (exact) mass is 337 g/mol. The van der Waals surface area contributed by atoms with Crippen molar-refractivity contribution in [1.29, 1.82) is 0 Å². The van der Waals surface area contributed by atoms with Gasteiger partial charge in [-0.15, -0.1) is 0 Å². The highest BCUT2D eigenvalue weighted by Gasteiger charge is 2.20. The van der Waals surface area contributed by atoms with Gasteiger partial charge in [-0.3, -0.25) is 4.79 Å². The molecule has 1 saturated carbocycles. The first kappa shape index (κ1) is 17.5. The largest absolute Gasteiger partial charge is 0.494 e. The topological polar surface area (TPSA) is 38.3 Å². The van der Waals surface area contributed by atoms with Crippen LogP contribution in [0.1, 0.15) is 38.7 Å². The van der Waals surface area contributed by atoms with Gasteiger partial charge in [0.2, 0.25) is 5.91 Å². The summed E-state index contributed by atoms with van der Waals surface area (Å²) in [6.07, 6.45) is 4.78. The molecule has 1 atom stereocenters. The Balaban J connectivity index is 1.54. The molecule has 1 aliphatic carbocycles. The molecule has 1 fully saturated rings. The Hall–Kier alpha value is -2.29. The second-order valence-corrected chi connectivity index (χ2v) is 7.11. The van der Waals surface area contributed by atoms with Crippen LogP contribution in [0.2, 0.25) is 0 Å². The maximum Gasteiger partial charge on any atom is 0.217 e. The van der Waals surface area contributed by atoms with Crippen LogP contribution in [-0.2, 0) is 11.2 Å². The van der Waals surface area contributed by atoms with Crippen LogP contribution in [0.5, 0.6) is 5.75 Å². The lowest BCUT2D eigenvalue weighted by Crippen LogP contribution is -2.31. The van der Waals surface area contributed by atoms with Gasteiger partial charge in [0.05, 0.1) is 6.61 Å². The highest BCUT2D eigenvalue weighted by molar-refractivity contribution is 5.73. The molecule has 0 saturated heterocycles. The third-order valence-corrected chi connectivity index (χ3v) is 4.62. The molecule has 1 aliphatic rings. The van der Waals surface area contributed by atoms with Gasteiger partial charge >= 0.3 is 0 Å². The summed E-state index contributed by atoms with van der Waals surface area (Å²) in [5.41, 5.74) is 3.61. The molecule has 1 amide bonds. The summed E-state index contributed by atoms with van der Waals surface area (Å²) >= 11 is 0. The van der Waals surface area contributed by atoms with E-state index in [0.29, 0.717) is 0 Å². The Labute approximate surface area is 150 Å². The van der Waals surface area contributed by atoms with E-state index in [4.69, 9.17) is 4.74 Å². The molecule has 1 unspecified atom stereocenters. The van der Waals surface area contributed by atoms with E-state index in [1.807, 2.05) is 6.92 Å². The molecule has 25 heavy (non-hydrogen) atoms. The Morgan fingerprint density at radius 3 is 2.24 bits per heavy atom. The molecular formula is C22H27NO2. The predicted octanol–water partition coefficient (Wildman–Crippen LogP) is 4.60. The number of rotatable bonds is 8. The van der Waals surface area contributed by atoms with Gasteiger partial charge in [0.25, 0.3) is 0 Å². The van der Waals surface area contributed by atoms with Crippen LogP contribution in [0, 0.1) is 5.92 Å². The fourth-order valence-electron chi connectivity index (χ4n) is 3.08. The van der Waals surface area contributed by atoms with Gasteiger partial charge in [0, 0.05) is 13.0 Å². The third-order valence-electron chi connectivity index (χ3n) is 4.62. The molecule has 2 aromatic rings. The minimum absolute atomic E-state index is 0.0172. The maximum absolute atomic E-state index is 11.1. The fraction of sp³-hybridized carbons (Fsp3) is 0.409. The van der Waals surface area contributed by atoms with E-state index < -0.39 is 0 Å². The molecule has 3 nitrogen and oxygen atoms in total. The van der Waals surface area contributed by atoms with Gasteiger partial charge in [-0.2, -0.15) is 0 Å². The van der Waals surface area contributed by atoms with Crippen LogP contribution in [0.25, 0.3) is 11.1 Å². The van der Waals surface area contributed by atoms with Gasteiger partial charge in [-0.1, -0.05) is 49.2 Å². The summed E-state index contributed by atoms with van der Waals surface area (Å²) < 4.78 is 5.81. The zero-order valence-corrected chi connectivity index (χ0v) is 15.1. The van der Waals surface area contributed by atoms with Gasteiger partial charge < -0.3 is 10.1 Å². The zero-order valence-electron chi connectivity index (χ0n) is 15.1.